The van der Waals surface area contributed by atoms with Crippen LogP contribution in [0.15, 0.2) is 29.3 Å². The van der Waals surface area contributed by atoms with E-state index in [1.165, 1.54) is 11.1 Å². The molecule has 1 saturated heterocycles. The van der Waals surface area contributed by atoms with Crippen molar-refractivity contribution in [3.05, 3.63) is 35.4 Å². The number of nitrogens with zero attached hydrogens (tertiary/aromatic N) is 2. The number of likely N-dealkylation sites (tertiary alicyclic amines) is 1. The molecule has 1 aliphatic rings. The number of ether oxygens (including phenoxy) is 2. The van der Waals surface area contributed by atoms with E-state index in [1.807, 2.05) is 7.05 Å². The smallest absolute Gasteiger partial charge is 0.193 e. The molecule has 146 valence electrons. The van der Waals surface area contributed by atoms with E-state index in [1.54, 1.807) is 7.11 Å². The van der Waals surface area contributed by atoms with E-state index in [0.717, 1.165) is 70.9 Å². The third-order valence-corrected chi connectivity index (χ3v) is 4.93. The Morgan fingerprint density at radius 2 is 1.85 bits per heavy atom. The molecule has 0 bridgehead atoms. The first-order valence-corrected chi connectivity index (χ1v) is 9.90. The van der Waals surface area contributed by atoms with E-state index in [9.17, 15) is 0 Å². The van der Waals surface area contributed by atoms with Gasteiger partial charge >= 0.3 is 0 Å². The second-order valence-corrected chi connectivity index (χ2v) is 6.80. The Labute approximate surface area is 158 Å². The Kier molecular flexibility index (Phi) is 9.50. The van der Waals surface area contributed by atoms with Gasteiger partial charge in [0.25, 0.3) is 0 Å². The van der Waals surface area contributed by atoms with Gasteiger partial charge in [0, 0.05) is 47.0 Å². The molecule has 0 amide bonds. The number of hydrogen-bond donors (Lipinski definition) is 1. The Morgan fingerprint density at radius 3 is 2.46 bits per heavy atom. The molecule has 1 aromatic carbocycles. The molecule has 2 rings (SSSR count). The number of benzene rings is 1. The number of piperidine rings is 1. The summed E-state index contributed by atoms with van der Waals surface area (Å²) >= 11 is 0. The van der Waals surface area contributed by atoms with Gasteiger partial charge in [-0.05, 0) is 43.2 Å². The molecule has 1 aromatic rings. The quantitative estimate of drug-likeness (QED) is 0.417. The summed E-state index contributed by atoms with van der Waals surface area (Å²) in [4.78, 5) is 6.80. The molecular formula is C21H35N3O2. The predicted molar refractivity (Wildman–Crippen MR) is 108 cm³/mol. The molecule has 5 nitrogen and oxygen atoms in total. The fourth-order valence-electron chi connectivity index (χ4n) is 3.28. The number of aryl methyl sites for hydroxylation is 1. The molecule has 1 aliphatic heterocycles. The number of hydrogen-bond acceptors (Lipinski definition) is 3. The highest BCUT2D eigenvalue weighted by Gasteiger charge is 2.21. The Hall–Kier alpha value is -1.59. The number of rotatable bonds is 9. The van der Waals surface area contributed by atoms with Crippen molar-refractivity contribution in [2.24, 2.45) is 4.99 Å². The summed E-state index contributed by atoms with van der Waals surface area (Å²) in [5.74, 6) is 1.01. The summed E-state index contributed by atoms with van der Waals surface area (Å²) in [6, 6.07) is 8.91. The van der Waals surface area contributed by atoms with Crippen molar-refractivity contribution in [1.29, 1.82) is 0 Å². The van der Waals surface area contributed by atoms with Crippen LogP contribution in [-0.2, 0) is 22.3 Å². The minimum atomic E-state index is 0.373. The Balaban J connectivity index is 1.67. The molecule has 0 saturated carbocycles. The maximum atomic E-state index is 5.94. The van der Waals surface area contributed by atoms with Crippen LogP contribution < -0.4 is 5.32 Å². The van der Waals surface area contributed by atoms with Gasteiger partial charge in [-0.15, -0.1) is 0 Å². The zero-order chi connectivity index (χ0) is 18.6. The SMILES string of the molecule is CCc1ccc(CCNC(=NC)N2CCC(OCCCOC)CC2)cc1. The molecule has 0 aliphatic carbocycles. The van der Waals surface area contributed by atoms with Crippen molar-refractivity contribution in [2.45, 2.75) is 45.1 Å². The monoisotopic (exact) mass is 361 g/mol. The van der Waals surface area contributed by atoms with E-state index < -0.39 is 0 Å². The molecule has 0 spiro atoms. The lowest BCUT2D eigenvalue weighted by atomic mass is 10.1. The van der Waals surface area contributed by atoms with Gasteiger partial charge in [-0.25, -0.2) is 0 Å². The zero-order valence-electron chi connectivity index (χ0n) is 16.7. The van der Waals surface area contributed by atoms with Crippen LogP contribution in [0.4, 0.5) is 0 Å². The van der Waals surface area contributed by atoms with Gasteiger partial charge in [-0.1, -0.05) is 31.2 Å². The highest BCUT2D eigenvalue weighted by Crippen LogP contribution is 2.14. The molecule has 0 aromatic heterocycles. The molecule has 1 N–H and O–H groups in total. The largest absolute Gasteiger partial charge is 0.385 e. The minimum Gasteiger partial charge on any atom is -0.385 e. The lowest BCUT2D eigenvalue weighted by molar-refractivity contribution is 0.00992. The van der Waals surface area contributed by atoms with Crippen molar-refractivity contribution in [2.75, 3.05) is 47.0 Å². The van der Waals surface area contributed by atoms with Crippen molar-refractivity contribution < 1.29 is 9.47 Å². The van der Waals surface area contributed by atoms with Gasteiger partial charge in [0.2, 0.25) is 0 Å². The lowest BCUT2D eigenvalue weighted by Gasteiger charge is -2.34. The first-order valence-electron chi connectivity index (χ1n) is 9.90. The van der Waals surface area contributed by atoms with Crippen LogP contribution in [0.2, 0.25) is 0 Å². The first-order chi connectivity index (χ1) is 12.8. The summed E-state index contributed by atoms with van der Waals surface area (Å²) in [6.07, 6.45) is 5.58. The van der Waals surface area contributed by atoms with Crippen LogP contribution >= 0.6 is 0 Å². The molecule has 0 atom stereocenters. The van der Waals surface area contributed by atoms with Crippen LogP contribution in [0, 0.1) is 0 Å². The highest BCUT2D eigenvalue weighted by molar-refractivity contribution is 5.79. The number of aliphatic imine (C=N–C) groups is 1. The molecule has 0 radical (unpaired) electrons. The fourth-order valence-corrected chi connectivity index (χ4v) is 3.28. The number of methoxy groups -OCH3 is 1. The molecule has 26 heavy (non-hydrogen) atoms. The van der Waals surface area contributed by atoms with Gasteiger partial charge in [0.15, 0.2) is 5.96 Å². The highest BCUT2D eigenvalue weighted by atomic mass is 16.5. The molecule has 5 heteroatoms. The average molecular weight is 362 g/mol. The van der Waals surface area contributed by atoms with Gasteiger partial charge in [-0.2, -0.15) is 0 Å². The van der Waals surface area contributed by atoms with E-state index in [-0.39, 0.29) is 0 Å². The molecule has 1 heterocycles. The van der Waals surface area contributed by atoms with E-state index >= 15 is 0 Å². The van der Waals surface area contributed by atoms with Gasteiger partial charge < -0.3 is 19.7 Å². The third kappa shape index (κ3) is 6.96. The standard InChI is InChI=1S/C21H35N3O2/c1-4-18-6-8-19(9-7-18)10-13-23-21(22-2)24-14-11-20(12-15-24)26-17-5-16-25-3/h6-9,20H,4-5,10-17H2,1-3H3,(H,22,23). The maximum Gasteiger partial charge on any atom is 0.193 e. The minimum absolute atomic E-state index is 0.373. The summed E-state index contributed by atoms with van der Waals surface area (Å²) in [5.41, 5.74) is 2.76. The van der Waals surface area contributed by atoms with E-state index in [0.29, 0.717) is 6.10 Å². The van der Waals surface area contributed by atoms with Crippen LogP contribution in [0.3, 0.4) is 0 Å². The Bertz CT molecular complexity index is 523. The normalized spacial score (nSPS) is 16.1. The summed E-state index contributed by atoms with van der Waals surface area (Å²) in [6.45, 7) is 6.67. The van der Waals surface area contributed by atoms with Gasteiger partial charge in [0.05, 0.1) is 6.10 Å². The van der Waals surface area contributed by atoms with Crippen molar-refractivity contribution in [3.8, 4) is 0 Å². The van der Waals surface area contributed by atoms with Crippen molar-refractivity contribution >= 4 is 5.96 Å². The zero-order valence-corrected chi connectivity index (χ0v) is 16.7. The molecular weight excluding hydrogens is 326 g/mol. The third-order valence-electron chi connectivity index (χ3n) is 4.93. The van der Waals surface area contributed by atoms with Crippen LogP contribution in [0.5, 0.6) is 0 Å². The average Bonchev–Trinajstić information content (AvgIpc) is 2.70. The van der Waals surface area contributed by atoms with Gasteiger partial charge in [0.1, 0.15) is 0 Å². The van der Waals surface area contributed by atoms with Crippen LogP contribution in [0.25, 0.3) is 0 Å². The summed E-state index contributed by atoms with van der Waals surface area (Å²) < 4.78 is 11.0. The maximum absolute atomic E-state index is 5.94. The van der Waals surface area contributed by atoms with Crippen LogP contribution in [0.1, 0.15) is 37.3 Å². The number of guanidine groups is 1. The first kappa shape index (κ1) is 20.7. The number of nitrogens with one attached hydrogen (secondary N) is 1. The summed E-state index contributed by atoms with van der Waals surface area (Å²) in [7, 11) is 3.60. The van der Waals surface area contributed by atoms with Crippen molar-refractivity contribution in [1.82, 2.24) is 10.2 Å². The lowest BCUT2D eigenvalue weighted by Crippen LogP contribution is -2.47. The Morgan fingerprint density at radius 1 is 1.15 bits per heavy atom. The van der Waals surface area contributed by atoms with E-state index in [4.69, 9.17) is 9.47 Å². The van der Waals surface area contributed by atoms with E-state index in [2.05, 4.69) is 46.4 Å². The molecule has 0 unspecified atom stereocenters. The fraction of sp³-hybridized carbons (Fsp3) is 0.667. The van der Waals surface area contributed by atoms with Crippen LogP contribution in [-0.4, -0.2) is 64.0 Å². The second-order valence-electron chi connectivity index (χ2n) is 6.80. The van der Waals surface area contributed by atoms with Gasteiger partial charge in [-0.3, -0.25) is 4.99 Å². The van der Waals surface area contributed by atoms with Crippen molar-refractivity contribution in [3.63, 3.8) is 0 Å². The molecule has 1 fully saturated rings. The predicted octanol–water partition coefficient (Wildman–Crippen LogP) is 2.88. The second kappa shape index (κ2) is 11.9. The summed E-state index contributed by atoms with van der Waals surface area (Å²) in [5, 5.41) is 3.51. The topological polar surface area (TPSA) is 46.1 Å².